The second-order valence-electron chi connectivity index (χ2n) is 4.68. The predicted octanol–water partition coefficient (Wildman–Crippen LogP) is 5.30. The normalized spacial score (nSPS) is 11.1. The van der Waals surface area contributed by atoms with Crippen LogP contribution < -0.4 is 0 Å². The van der Waals surface area contributed by atoms with Crippen LogP contribution in [0, 0.1) is 6.92 Å². The van der Waals surface area contributed by atoms with Crippen molar-refractivity contribution in [3.05, 3.63) is 69.8 Å². The summed E-state index contributed by atoms with van der Waals surface area (Å²) in [6.07, 6.45) is 0. The van der Waals surface area contributed by atoms with Gasteiger partial charge in [0.25, 0.3) is 0 Å². The molecule has 96 valence electrons. The Hall–Kier alpha value is -1.44. The quantitative estimate of drug-likeness (QED) is 0.603. The molecule has 0 saturated carbocycles. The van der Waals surface area contributed by atoms with Crippen molar-refractivity contribution in [3.8, 4) is 0 Å². The number of benzene rings is 2. The average Bonchev–Trinajstić information content (AvgIpc) is 2.71. The van der Waals surface area contributed by atoms with Gasteiger partial charge in [-0.05, 0) is 42.1 Å². The van der Waals surface area contributed by atoms with E-state index in [1.807, 2.05) is 18.2 Å². The lowest BCUT2D eigenvalue weighted by Gasteiger charge is -2.09. The highest BCUT2D eigenvalue weighted by atomic mass is 35.5. The summed E-state index contributed by atoms with van der Waals surface area (Å²) in [6.45, 7) is 2.92. The van der Waals surface area contributed by atoms with Crippen LogP contribution in [0.4, 0.5) is 0 Å². The molecule has 0 aliphatic heterocycles. The van der Waals surface area contributed by atoms with Crippen molar-refractivity contribution >= 4 is 34.1 Å². The van der Waals surface area contributed by atoms with Gasteiger partial charge in [-0.25, -0.2) is 0 Å². The van der Waals surface area contributed by atoms with Crippen LogP contribution in [0.3, 0.4) is 0 Å². The Labute approximate surface area is 122 Å². The van der Waals surface area contributed by atoms with Crippen LogP contribution in [0.25, 0.3) is 10.9 Å². The van der Waals surface area contributed by atoms with Crippen molar-refractivity contribution in [2.24, 2.45) is 0 Å². The summed E-state index contributed by atoms with van der Waals surface area (Å²) in [6, 6.07) is 16.4. The zero-order chi connectivity index (χ0) is 13.4. The molecule has 0 fully saturated rings. The zero-order valence-corrected chi connectivity index (χ0v) is 12.0. The molecule has 1 aromatic heterocycles. The number of para-hydroxylation sites is 1. The Balaban J connectivity index is 2.05. The maximum absolute atomic E-state index is 6.07. The molecule has 3 rings (SSSR count). The zero-order valence-electron chi connectivity index (χ0n) is 10.5. The van der Waals surface area contributed by atoms with Gasteiger partial charge in [-0.2, -0.15) is 0 Å². The van der Waals surface area contributed by atoms with Crippen molar-refractivity contribution < 1.29 is 0 Å². The molecule has 0 amide bonds. The molecule has 0 aliphatic carbocycles. The van der Waals surface area contributed by atoms with E-state index in [0.29, 0.717) is 10.0 Å². The molecule has 3 aromatic rings. The number of halogens is 2. The Morgan fingerprint density at radius 1 is 0.947 bits per heavy atom. The number of hydrogen-bond acceptors (Lipinski definition) is 0. The largest absolute Gasteiger partial charge is 0.340 e. The van der Waals surface area contributed by atoms with Gasteiger partial charge in [0, 0.05) is 17.8 Å². The molecule has 0 N–H and O–H groups in total. The van der Waals surface area contributed by atoms with Crippen LogP contribution in [-0.2, 0) is 6.54 Å². The summed E-state index contributed by atoms with van der Waals surface area (Å²) >= 11 is 12.0. The summed E-state index contributed by atoms with van der Waals surface area (Å²) in [5.74, 6) is 0. The molecular weight excluding hydrogens is 277 g/mol. The van der Waals surface area contributed by atoms with Crippen LogP contribution in [-0.4, -0.2) is 4.57 Å². The van der Waals surface area contributed by atoms with Crippen molar-refractivity contribution in [3.63, 3.8) is 0 Å². The minimum Gasteiger partial charge on any atom is -0.340 e. The minimum absolute atomic E-state index is 0.597. The smallest absolute Gasteiger partial charge is 0.0595 e. The third kappa shape index (κ3) is 2.36. The van der Waals surface area contributed by atoms with Crippen molar-refractivity contribution in [1.29, 1.82) is 0 Å². The summed E-state index contributed by atoms with van der Waals surface area (Å²) in [5.41, 5.74) is 3.64. The van der Waals surface area contributed by atoms with E-state index in [4.69, 9.17) is 23.2 Å². The molecule has 19 heavy (non-hydrogen) atoms. The van der Waals surface area contributed by atoms with Gasteiger partial charge >= 0.3 is 0 Å². The fourth-order valence-electron chi connectivity index (χ4n) is 2.38. The highest BCUT2D eigenvalue weighted by Crippen LogP contribution is 2.25. The van der Waals surface area contributed by atoms with Crippen molar-refractivity contribution in [2.45, 2.75) is 13.5 Å². The Bertz CT molecular complexity index is 744. The van der Waals surface area contributed by atoms with Crippen LogP contribution in [0.2, 0.25) is 10.0 Å². The van der Waals surface area contributed by atoms with Gasteiger partial charge < -0.3 is 4.57 Å². The van der Waals surface area contributed by atoms with E-state index in [1.165, 1.54) is 16.6 Å². The summed E-state index contributed by atoms with van der Waals surface area (Å²) in [7, 11) is 0. The second kappa shape index (κ2) is 4.92. The summed E-state index contributed by atoms with van der Waals surface area (Å²) < 4.78 is 2.29. The number of rotatable bonds is 2. The number of aryl methyl sites for hydroxylation is 1. The second-order valence-corrected chi connectivity index (χ2v) is 5.49. The van der Waals surface area contributed by atoms with E-state index in [2.05, 4.69) is 41.8 Å². The first-order valence-corrected chi connectivity index (χ1v) is 6.89. The van der Waals surface area contributed by atoms with Crippen LogP contribution in [0.15, 0.2) is 48.5 Å². The number of nitrogens with zero attached hydrogens (tertiary/aromatic N) is 1. The first-order valence-electron chi connectivity index (χ1n) is 6.14. The number of aromatic nitrogens is 1. The van der Waals surface area contributed by atoms with Gasteiger partial charge in [-0.3, -0.25) is 0 Å². The predicted molar refractivity (Wildman–Crippen MR) is 82.2 cm³/mol. The third-order valence-corrected chi connectivity index (χ3v) is 4.08. The molecule has 2 aromatic carbocycles. The van der Waals surface area contributed by atoms with E-state index in [9.17, 15) is 0 Å². The number of fused-ring (bicyclic) bond motifs is 1. The van der Waals surface area contributed by atoms with Gasteiger partial charge in [0.1, 0.15) is 0 Å². The van der Waals surface area contributed by atoms with Crippen LogP contribution in [0.1, 0.15) is 11.3 Å². The van der Waals surface area contributed by atoms with E-state index in [-0.39, 0.29) is 0 Å². The average molecular weight is 290 g/mol. The lowest BCUT2D eigenvalue weighted by molar-refractivity contribution is 0.805. The van der Waals surface area contributed by atoms with Crippen LogP contribution >= 0.6 is 23.2 Å². The molecule has 1 nitrogen and oxygen atoms in total. The first kappa shape index (κ1) is 12.6. The molecule has 0 saturated heterocycles. The molecular formula is C16H13Cl2N. The Morgan fingerprint density at radius 3 is 2.53 bits per heavy atom. The summed E-state index contributed by atoms with van der Waals surface area (Å²) in [5, 5.41) is 2.47. The topological polar surface area (TPSA) is 4.93 Å². The van der Waals surface area contributed by atoms with E-state index < -0.39 is 0 Å². The lowest BCUT2D eigenvalue weighted by Crippen LogP contribution is -2.01. The van der Waals surface area contributed by atoms with Gasteiger partial charge in [0.2, 0.25) is 0 Å². The molecule has 3 heteroatoms. The van der Waals surface area contributed by atoms with Crippen LogP contribution in [0.5, 0.6) is 0 Å². The van der Waals surface area contributed by atoms with E-state index in [1.54, 1.807) is 0 Å². The molecule has 1 heterocycles. The van der Waals surface area contributed by atoms with Gasteiger partial charge in [0.05, 0.1) is 10.0 Å². The molecule has 0 unspecified atom stereocenters. The molecule has 0 radical (unpaired) electrons. The highest BCUT2D eigenvalue weighted by molar-refractivity contribution is 6.42. The lowest BCUT2D eigenvalue weighted by atomic mass is 10.2. The van der Waals surface area contributed by atoms with E-state index >= 15 is 0 Å². The monoisotopic (exact) mass is 289 g/mol. The molecule has 0 aliphatic rings. The fourth-order valence-corrected chi connectivity index (χ4v) is 2.70. The van der Waals surface area contributed by atoms with Gasteiger partial charge in [-0.1, -0.05) is 47.5 Å². The Kier molecular flexibility index (Phi) is 3.26. The summed E-state index contributed by atoms with van der Waals surface area (Å²) in [4.78, 5) is 0. The molecule has 0 spiro atoms. The fraction of sp³-hybridized carbons (Fsp3) is 0.125. The van der Waals surface area contributed by atoms with Crippen molar-refractivity contribution in [2.75, 3.05) is 0 Å². The molecule has 0 bridgehead atoms. The standard InChI is InChI=1S/C16H13Cl2N/c1-11-8-13-4-2-3-5-16(13)19(11)10-12-6-7-14(17)15(18)9-12/h2-9H,10H2,1H3. The first-order chi connectivity index (χ1) is 9.15. The van der Waals surface area contributed by atoms with E-state index in [0.717, 1.165) is 12.1 Å². The van der Waals surface area contributed by atoms with Gasteiger partial charge in [0.15, 0.2) is 0 Å². The van der Waals surface area contributed by atoms with Gasteiger partial charge in [-0.15, -0.1) is 0 Å². The highest BCUT2D eigenvalue weighted by Gasteiger charge is 2.06. The Morgan fingerprint density at radius 2 is 1.74 bits per heavy atom. The minimum atomic E-state index is 0.597. The third-order valence-electron chi connectivity index (χ3n) is 3.34. The number of hydrogen-bond donors (Lipinski definition) is 0. The maximum atomic E-state index is 6.07. The molecule has 0 atom stereocenters. The SMILES string of the molecule is Cc1cc2ccccc2n1Cc1ccc(Cl)c(Cl)c1. The maximum Gasteiger partial charge on any atom is 0.0595 e. The van der Waals surface area contributed by atoms with Crippen molar-refractivity contribution in [1.82, 2.24) is 4.57 Å².